The van der Waals surface area contributed by atoms with Crippen molar-refractivity contribution < 1.29 is 0 Å². The van der Waals surface area contributed by atoms with E-state index >= 15 is 0 Å². The Bertz CT molecular complexity index is 3920. The van der Waals surface area contributed by atoms with E-state index in [1.807, 2.05) is 22.7 Å². The van der Waals surface area contributed by atoms with Crippen LogP contribution < -0.4 is 0 Å². The van der Waals surface area contributed by atoms with Crippen LogP contribution in [0.15, 0.2) is 212 Å². The van der Waals surface area contributed by atoms with Gasteiger partial charge in [0.25, 0.3) is 0 Å². The molecule has 3 heteroatoms. The van der Waals surface area contributed by atoms with Gasteiger partial charge in [-0.3, -0.25) is 0 Å². The zero-order chi connectivity index (χ0) is 41.7. The minimum atomic E-state index is -0.446. The number of thiophene rings is 2. The Labute approximate surface area is 377 Å². The van der Waals surface area contributed by atoms with Crippen LogP contribution in [0.2, 0.25) is 0 Å². The van der Waals surface area contributed by atoms with E-state index in [-0.39, 0.29) is 0 Å². The molecular weight excluding hydrogens is 811 g/mol. The first kappa shape index (κ1) is 35.0. The van der Waals surface area contributed by atoms with Crippen LogP contribution in [0.3, 0.4) is 0 Å². The first-order chi connectivity index (χ1) is 31.7. The summed E-state index contributed by atoms with van der Waals surface area (Å²) in [5.41, 5.74) is 18.8. The van der Waals surface area contributed by atoms with Crippen LogP contribution >= 0.6 is 22.7 Å². The van der Waals surface area contributed by atoms with E-state index in [1.54, 1.807) is 0 Å². The zero-order valence-electron chi connectivity index (χ0n) is 34.5. The third kappa shape index (κ3) is 4.47. The average Bonchev–Trinajstić information content (AvgIpc) is 4.15. The summed E-state index contributed by atoms with van der Waals surface area (Å²) < 4.78 is 7.89. The highest BCUT2D eigenvalue weighted by Gasteiger charge is 2.51. The molecule has 15 rings (SSSR count). The van der Waals surface area contributed by atoms with Crippen LogP contribution in [0.1, 0.15) is 22.3 Å². The molecule has 0 fully saturated rings. The number of nitrogens with zero attached hydrogens (tertiary/aromatic N) is 1. The molecule has 296 valence electrons. The lowest BCUT2D eigenvalue weighted by atomic mass is 9.70. The van der Waals surface area contributed by atoms with Crippen molar-refractivity contribution in [1.82, 2.24) is 4.57 Å². The van der Waals surface area contributed by atoms with E-state index in [0.717, 1.165) is 0 Å². The Kier molecular flexibility index (Phi) is 6.97. The summed E-state index contributed by atoms with van der Waals surface area (Å²) in [6.45, 7) is 0. The van der Waals surface area contributed by atoms with Crippen molar-refractivity contribution in [2.45, 2.75) is 5.41 Å². The molecule has 0 saturated carbocycles. The van der Waals surface area contributed by atoms with Gasteiger partial charge in [-0.15, -0.1) is 22.7 Å². The van der Waals surface area contributed by atoms with Gasteiger partial charge in [0, 0.05) is 67.9 Å². The van der Waals surface area contributed by atoms with Gasteiger partial charge in [-0.05, 0) is 92.0 Å². The van der Waals surface area contributed by atoms with Crippen LogP contribution in [0.5, 0.6) is 0 Å². The van der Waals surface area contributed by atoms with Crippen molar-refractivity contribution in [3.05, 3.63) is 235 Å². The molecule has 0 atom stereocenters. The van der Waals surface area contributed by atoms with E-state index in [9.17, 15) is 0 Å². The van der Waals surface area contributed by atoms with Crippen LogP contribution in [-0.4, -0.2) is 4.57 Å². The maximum Gasteiger partial charge on any atom is 0.0726 e. The summed E-state index contributed by atoms with van der Waals surface area (Å²) in [6.07, 6.45) is 0. The molecule has 0 aliphatic heterocycles. The number of para-hydroxylation sites is 2. The number of rotatable bonds is 3. The third-order valence-corrected chi connectivity index (χ3v) is 16.7. The average molecular weight is 846 g/mol. The predicted octanol–water partition coefficient (Wildman–Crippen LogP) is 17.2. The minimum Gasteiger partial charge on any atom is -0.308 e. The normalized spacial score (nSPS) is 13.4. The highest BCUT2D eigenvalue weighted by molar-refractivity contribution is 7.26. The standard InChI is InChI=1S/C61H35NS2/c1-6-22-51-41(13-1)42-14-2-7-23-52(42)61(51)53-24-8-3-15-43(53)44-32-29-38(35-54(44)61)62-59-39(36-27-30-47-45-16-4-9-25-55(45)63-57(47)33-36)18-11-20-49(59)50-21-12-19-40(60(50)62)37-28-31-48-46-17-5-10-26-56(46)64-58(48)34-37/h1-35H. The summed E-state index contributed by atoms with van der Waals surface area (Å²) in [5.74, 6) is 0. The van der Waals surface area contributed by atoms with Gasteiger partial charge < -0.3 is 4.57 Å². The number of hydrogen-bond acceptors (Lipinski definition) is 2. The van der Waals surface area contributed by atoms with Gasteiger partial charge in [0.05, 0.1) is 16.4 Å². The highest BCUT2D eigenvalue weighted by Crippen LogP contribution is 2.63. The first-order valence-corrected chi connectivity index (χ1v) is 23.7. The van der Waals surface area contributed by atoms with Gasteiger partial charge >= 0.3 is 0 Å². The Morgan fingerprint density at radius 3 is 1.20 bits per heavy atom. The van der Waals surface area contributed by atoms with Crippen LogP contribution in [-0.2, 0) is 5.41 Å². The first-order valence-electron chi connectivity index (χ1n) is 22.1. The Morgan fingerprint density at radius 1 is 0.281 bits per heavy atom. The van der Waals surface area contributed by atoms with Gasteiger partial charge in [-0.25, -0.2) is 0 Å². The minimum absolute atomic E-state index is 0.446. The maximum absolute atomic E-state index is 2.61. The van der Waals surface area contributed by atoms with Crippen molar-refractivity contribution in [3.63, 3.8) is 0 Å². The molecule has 0 radical (unpaired) electrons. The van der Waals surface area contributed by atoms with Crippen LogP contribution in [0.4, 0.5) is 0 Å². The van der Waals surface area contributed by atoms with E-state index in [1.165, 1.54) is 135 Å². The lowest BCUT2D eigenvalue weighted by Crippen LogP contribution is -2.26. The predicted molar refractivity (Wildman–Crippen MR) is 274 cm³/mol. The van der Waals surface area contributed by atoms with E-state index in [4.69, 9.17) is 0 Å². The van der Waals surface area contributed by atoms with Crippen molar-refractivity contribution >= 4 is 84.8 Å². The Hall–Kier alpha value is -7.56. The Balaban J connectivity index is 1.06. The van der Waals surface area contributed by atoms with Gasteiger partial charge in [0.15, 0.2) is 0 Å². The molecule has 0 saturated heterocycles. The van der Waals surface area contributed by atoms with Gasteiger partial charge in [-0.2, -0.15) is 0 Å². The van der Waals surface area contributed by atoms with E-state index in [0.29, 0.717) is 0 Å². The fourth-order valence-corrected chi connectivity index (χ4v) is 14.1. The SMILES string of the molecule is c1ccc2c(c1)-c1ccccc1C21c2ccccc2-c2ccc(-n3c4c(-c5ccc6c(c5)sc5ccccc56)cccc4c4cccc(-c5ccc6c(c5)sc5ccccc56)c43)cc21. The summed E-state index contributed by atoms with van der Waals surface area (Å²) in [5, 5.41) is 7.79. The van der Waals surface area contributed by atoms with Gasteiger partial charge in [0.1, 0.15) is 0 Å². The Morgan fingerprint density at radius 2 is 0.688 bits per heavy atom. The van der Waals surface area contributed by atoms with Gasteiger partial charge in [-0.1, -0.05) is 176 Å². The van der Waals surface area contributed by atoms with E-state index < -0.39 is 5.41 Å². The maximum atomic E-state index is 2.61. The largest absolute Gasteiger partial charge is 0.308 e. The summed E-state index contributed by atoms with van der Waals surface area (Å²) in [7, 11) is 0. The summed E-state index contributed by atoms with van der Waals surface area (Å²) in [4.78, 5) is 0. The molecule has 0 unspecified atom stereocenters. The topological polar surface area (TPSA) is 4.93 Å². The van der Waals surface area contributed by atoms with Crippen molar-refractivity contribution in [2.75, 3.05) is 0 Å². The van der Waals surface area contributed by atoms with Crippen molar-refractivity contribution in [1.29, 1.82) is 0 Å². The molecule has 13 aromatic rings. The molecule has 2 aliphatic carbocycles. The number of hydrogen-bond donors (Lipinski definition) is 0. The fourth-order valence-electron chi connectivity index (χ4n) is 11.8. The third-order valence-electron chi connectivity index (χ3n) is 14.4. The van der Waals surface area contributed by atoms with Gasteiger partial charge in [0.2, 0.25) is 0 Å². The van der Waals surface area contributed by atoms with Crippen LogP contribution in [0, 0.1) is 0 Å². The lowest BCUT2D eigenvalue weighted by Gasteiger charge is -2.30. The lowest BCUT2D eigenvalue weighted by molar-refractivity contribution is 0.792. The number of benzene rings is 10. The molecule has 0 amide bonds. The molecule has 10 aromatic carbocycles. The van der Waals surface area contributed by atoms with Crippen molar-refractivity contribution in [2.24, 2.45) is 0 Å². The van der Waals surface area contributed by atoms with E-state index in [2.05, 4.69) is 217 Å². The molecular formula is C61H35NS2. The summed E-state index contributed by atoms with van der Waals surface area (Å²) in [6, 6.07) is 80.4. The monoisotopic (exact) mass is 845 g/mol. The molecule has 64 heavy (non-hydrogen) atoms. The van der Waals surface area contributed by atoms with Crippen molar-refractivity contribution in [3.8, 4) is 50.2 Å². The molecule has 1 nitrogen and oxygen atoms in total. The molecule has 2 aliphatic rings. The molecule has 3 aromatic heterocycles. The number of fused-ring (bicyclic) bond motifs is 19. The fraction of sp³-hybridized carbons (Fsp3) is 0.0164. The smallest absolute Gasteiger partial charge is 0.0726 e. The second kappa shape index (κ2) is 12.8. The molecule has 0 bridgehead atoms. The summed E-state index contributed by atoms with van der Waals surface area (Å²) >= 11 is 3.77. The molecule has 1 spiro atoms. The molecule has 0 N–H and O–H groups in total. The number of aromatic nitrogens is 1. The highest BCUT2D eigenvalue weighted by atomic mass is 32.1. The van der Waals surface area contributed by atoms with Crippen LogP contribution in [0.25, 0.3) is 112 Å². The second-order valence-electron chi connectivity index (χ2n) is 17.5. The molecule has 3 heterocycles. The quantitative estimate of drug-likeness (QED) is 0.167. The zero-order valence-corrected chi connectivity index (χ0v) is 36.1. The second-order valence-corrected chi connectivity index (χ2v) is 19.6.